The summed E-state index contributed by atoms with van der Waals surface area (Å²) in [5.74, 6) is 0. The second-order valence-electron chi connectivity index (χ2n) is 18.5. The summed E-state index contributed by atoms with van der Waals surface area (Å²) >= 11 is 0. The Balaban J connectivity index is 1.02. The van der Waals surface area contributed by atoms with Gasteiger partial charge in [-0.15, -0.1) is 0 Å². The third-order valence-electron chi connectivity index (χ3n) is 14.8. The summed E-state index contributed by atoms with van der Waals surface area (Å²) in [5.41, 5.74) is 18.7. The van der Waals surface area contributed by atoms with Gasteiger partial charge in [-0.05, 0) is 108 Å². The Morgan fingerprint density at radius 2 is 0.500 bits per heavy atom. The molecule has 15 aromatic rings. The standard InChI is InChI=1S/C66H42N4/c1-3-18-45(19-4-1)67-60-31-14-9-24-52(60)55-40-43(34-37-63(55)67)48-27-17-28-49(44-35-38-64-56(41-44)53-25-10-15-32-61(53)68(64)46-20-5-2-6-21-46)66(48)70-62-33-16-11-26-54(62)57-42-47(36-39-65(57)70)69-58-29-12-7-22-50(58)51-23-8-13-30-59(51)69/h1-42H. The van der Waals surface area contributed by atoms with Crippen LogP contribution in [-0.2, 0) is 0 Å². The van der Waals surface area contributed by atoms with Crippen molar-refractivity contribution < 1.29 is 0 Å². The molecule has 4 nitrogen and oxygen atoms in total. The van der Waals surface area contributed by atoms with Gasteiger partial charge in [0.05, 0.1) is 49.8 Å². The minimum Gasteiger partial charge on any atom is -0.309 e. The molecule has 0 fully saturated rings. The molecule has 0 aliphatic carbocycles. The van der Waals surface area contributed by atoms with Crippen LogP contribution in [-0.4, -0.2) is 18.3 Å². The lowest BCUT2D eigenvalue weighted by molar-refractivity contribution is 1.17. The van der Waals surface area contributed by atoms with Gasteiger partial charge in [-0.25, -0.2) is 0 Å². The van der Waals surface area contributed by atoms with Crippen LogP contribution in [0.5, 0.6) is 0 Å². The molecule has 0 saturated heterocycles. The topological polar surface area (TPSA) is 19.7 Å². The van der Waals surface area contributed by atoms with Crippen molar-refractivity contribution in [3.63, 3.8) is 0 Å². The Hall–Kier alpha value is -9.38. The average Bonchev–Trinajstić information content (AvgIpc) is 4.15. The molecular weight excluding hydrogens is 849 g/mol. The Morgan fingerprint density at radius 3 is 0.943 bits per heavy atom. The van der Waals surface area contributed by atoms with E-state index in [1.807, 2.05) is 0 Å². The van der Waals surface area contributed by atoms with Gasteiger partial charge in [-0.2, -0.15) is 0 Å². The molecule has 70 heavy (non-hydrogen) atoms. The quantitative estimate of drug-likeness (QED) is 0.158. The van der Waals surface area contributed by atoms with Gasteiger partial charge in [0.25, 0.3) is 0 Å². The lowest BCUT2D eigenvalue weighted by Gasteiger charge is -2.20. The smallest absolute Gasteiger partial charge is 0.0618 e. The Bertz CT molecular complexity index is 4350. The Morgan fingerprint density at radius 1 is 0.186 bits per heavy atom. The number of para-hydroxylation sites is 8. The number of nitrogens with zero attached hydrogens (tertiary/aromatic N) is 4. The van der Waals surface area contributed by atoms with Gasteiger partial charge < -0.3 is 18.3 Å². The van der Waals surface area contributed by atoms with E-state index in [4.69, 9.17) is 0 Å². The van der Waals surface area contributed by atoms with Crippen molar-refractivity contribution in [2.24, 2.45) is 0 Å². The van der Waals surface area contributed by atoms with Gasteiger partial charge >= 0.3 is 0 Å². The summed E-state index contributed by atoms with van der Waals surface area (Å²) < 4.78 is 9.76. The van der Waals surface area contributed by atoms with Crippen molar-refractivity contribution in [2.45, 2.75) is 0 Å². The van der Waals surface area contributed by atoms with Crippen LogP contribution in [0.25, 0.3) is 132 Å². The van der Waals surface area contributed by atoms with E-state index in [0.717, 1.165) is 56.0 Å². The van der Waals surface area contributed by atoms with E-state index in [1.165, 1.54) is 76.2 Å². The van der Waals surface area contributed by atoms with E-state index < -0.39 is 0 Å². The van der Waals surface area contributed by atoms with Crippen molar-refractivity contribution in [1.29, 1.82) is 0 Å². The lowest BCUT2D eigenvalue weighted by atomic mass is 9.93. The predicted molar refractivity (Wildman–Crippen MR) is 295 cm³/mol. The molecule has 0 bridgehead atoms. The van der Waals surface area contributed by atoms with Crippen molar-refractivity contribution >= 4 is 87.2 Å². The largest absolute Gasteiger partial charge is 0.309 e. The van der Waals surface area contributed by atoms with Crippen molar-refractivity contribution in [3.05, 3.63) is 255 Å². The first-order valence-electron chi connectivity index (χ1n) is 24.1. The molecule has 4 heterocycles. The number of benzene rings is 11. The molecule has 4 aromatic heterocycles. The summed E-state index contributed by atoms with van der Waals surface area (Å²) in [5, 5.41) is 9.84. The third kappa shape index (κ3) is 5.59. The SMILES string of the molecule is c1ccc(-n2c3ccccc3c3cc(-c4cccc(-c5ccc6c(c5)c5ccccc5n6-c5ccccc5)c4-n4c5ccccc5c5cc(-n6c7ccccc7c7ccccc76)ccc54)ccc32)cc1. The maximum atomic E-state index is 2.54. The zero-order valence-electron chi connectivity index (χ0n) is 38.0. The maximum absolute atomic E-state index is 2.54. The highest BCUT2D eigenvalue weighted by Crippen LogP contribution is 2.45. The first kappa shape index (κ1) is 38.7. The van der Waals surface area contributed by atoms with Gasteiger partial charge in [0.1, 0.15) is 0 Å². The summed E-state index contributed by atoms with van der Waals surface area (Å²) in [4.78, 5) is 0. The fraction of sp³-hybridized carbons (Fsp3) is 0. The Labute approximate surface area is 403 Å². The monoisotopic (exact) mass is 890 g/mol. The number of fused-ring (bicyclic) bond motifs is 12. The summed E-state index contributed by atoms with van der Waals surface area (Å²) in [6.07, 6.45) is 0. The number of hydrogen-bond acceptors (Lipinski definition) is 0. The van der Waals surface area contributed by atoms with Crippen LogP contribution in [0.4, 0.5) is 0 Å². The van der Waals surface area contributed by atoms with Gasteiger partial charge in [-0.1, -0.05) is 158 Å². The number of aromatic nitrogens is 4. The lowest BCUT2D eigenvalue weighted by Crippen LogP contribution is -2.01. The van der Waals surface area contributed by atoms with Gasteiger partial charge in [-0.3, -0.25) is 0 Å². The van der Waals surface area contributed by atoms with Crippen molar-refractivity contribution in [2.75, 3.05) is 0 Å². The molecule has 11 aromatic carbocycles. The van der Waals surface area contributed by atoms with E-state index in [-0.39, 0.29) is 0 Å². The van der Waals surface area contributed by atoms with E-state index in [1.54, 1.807) is 0 Å². The van der Waals surface area contributed by atoms with Crippen LogP contribution in [0.3, 0.4) is 0 Å². The molecule has 326 valence electrons. The zero-order chi connectivity index (χ0) is 45.9. The van der Waals surface area contributed by atoms with Crippen LogP contribution in [0.2, 0.25) is 0 Å². The van der Waals surface area contributed by atoms with E-state index in [2.05, 4.69) is 273 Å². The second-order valence-corrected chi connectivity index (χ2v) is 18.5. The molecular formula is C66H42N4. The molecule has 4 heteroatoms. The predicted octanol–water partition coefficient (Wildman–Crippen LogP) is 17.4. The van der Waals surface area contributed by atoms with Gasteiger partial charge in [0.15, 0.2) is 0 Å². The van der Waals surface area contributed by atoms with Gasteiger partial charge in [0, 0.05) is 71.3 Å². The van der Waals surface area contributed by atoms with Crippen LogP contribution in [0.1, 0.15) is 0 Å². The highest BCUT2D eigenvalue weighted by Gasteiger charge is 2.23. The maximum Gasteiger partial charge on any atom is 0.0618 e. The Kier molecular flexibility index (Phi) is 8.33. The average molecular weight is 891 g/mol. The molecule has 0 aliphatic heterocycles. The molecule has 0 unspecified atom stereocenters. The first-order chi connectivity index (χ1) is 34.8. The molecule has 0 amide bonds. The highest BCUT2D eigenvalue weighted by atomic mass is 15.0. The first-order valence-corrected chi connectivity index (χ1v) is 24.1. The molecule has 0 saturated carbocycles. The molecule has 15 rings (SSSR count). The molecule has 0 atom stereocenters. The van der Waals surface area contributed by atoms with Crippen LogP contribution < -0.4 is 0 Å². The molecule has 0 aliphatic rings. The fourth-order valence-corrected chi connectivity index (χ4v) is 11.8. The minimum atomic E-state index is 1.14. The van der Waals surface area contributed by atoms with Gasteiger partial charge in [0.2, 0.25) is 0 Å². The van der Waals surface area contributed by atoms with Crippen LogP contribution >= 0.6 is 0 Å². The van der Waals surface area contributed by atoms with Crippen LogP contribution in [0, 0.1) is 0 Å². The third-order valence-corrected chi connectivity index (χ3v) is 14.8. The zero-order valence-corrected chi connectivity index (χ0v) is 38.0. The highest BCUT2D eigenvalue weighted by molar-refractivity contribution is 6.15. The summed E-state index contributed by atoms with van der Waals surface area (Å²) in [6, 6.07) is 93.7. The van der Waals surface area contributed by atoms with Crippen molar-refractivity contribution in [1.82, 2.24) is 18.3 Å². The van der Waals surface area contributed by atoms with E-state index in [9.17, 15) is 0 Å². The number of rotatable bonds is 6. The molecule has 0 radical (unpaired) electrons. The van der Waals surface area contributed by atoms with Crippen molar-refractivity contribution in [3.8, 4) is 45.0 Å². The second kappa shape index (κ2) is 15.1. The van der Waals surface area contributed by atoms with Crippen LogP contribution in [0.15, 0.2) is 255 Å². The normalized spacial score (nSPS) is 12.0. The van der Waals surface area contributed by atoms with E-state index >= 15 is 0 Å². The fourth-order valence-electron chi connectivity index (χ4n) is 11.8. The summed E-state index contributed by atoms with van der Waals surface area (Å²) in [6.45, 7) is 0. The summed E-state index contributed by atoms with van der Waals surface area (Å²) in [7, 11) is 0. The molecule has 0 N–H and O–H groups in total. The minimum absolute atomic E-state index is 1.14. The molecule has 0 spiro atoms. The van der Waals surface area contributed by atoms with E-state index in [0.29, 0.717) is 0 Å². The number of hydrogen-bond donors (Lipinski definition) is 0.